The number of nitrogens with one attached hydrogen (secondary N) is 2. The third-order valence-electron chi connectivity index (χ3n) is 3.35. The Bertz CT molecular complexity index is 787. The fourth-order valence-electron chi connectivity index (χ4n) is 2.16. The predicted molar refractivity (Wildman–Crippen MR) is 97.3 cm³/mol. The standard InChI is InChI=1S/C19H20N2O5/c1-3-26-19(24)13-7-9-14(10-8-13)20-17(22)12-18(23)21-15-5-4-6-16(11-15)25-2/h4-11H,3,12H2,1-2H3,(H,20,22)(H,21,23). The second-order valence-corrected chi connectivity index (χ2v) is 5.30. The topological polar surface area (TPSA) is 93.7 Å². The summed E-state index contributed by atoms with van der Waals surface area (Å²) in [5.41, 5.74) is 1.42. The van der Waals surface area contributed by atoms with Crippen LogP contribution < -0.4 is 15.4 Å². The van der Waals surface area contributed by atoms with Gasteiger partial charge in [0.1, 0.15) is 12.2 Å². The number of benzene rings is 2. The molecule has 0 aliphatic rings. The highest BCUT2D eigenvalue weighted by Crippen LogP contribution is 2.17. The lowest BCUT2D eigenvalue weighted by atomic mass is 10.2. The first-order valence-electron chi connectivity index (χ1n) is 8.02. The second-order valence-electron chi connectivity index (χ2n) is 5.30. The molecule has 0 spiro atoms. The molecule has 7 heteroatoms. The molecule has 2 aromatic rings. The minimum Gasteiger partial charge on any atom is -0.497 e. The molecule has 2 N–H and O–H groups in total. The summed E-state index contributed by atoms with van der Waals surface area (Å²) in [5.74, 6) is -0.731. The van der Waals surface area contributed by atoms with Crippen molar-refractivity contribution in [3.05, 3.63) is 54.1 Å². The number of anilines is 2. The van der Waals surface area contributed by atoms with Crippen molar-refractivity contribution in [2.45, 2.75) is 13.3 Å². The molecule has 0 radical (unpaired) electrons. The molecule has 0 aromatic heterocycles. The van der Waals surface area contributed by atoms with Crippen LogP contribution in [-0.4, -0.2) is 31.5 Å². The third kappa shape index (κ3) is 5.62. The van der Waals surface area contributed by atoms with Crippen LogP contribution in [0.4, 0.5) is 11.4 Å². The van der Waals surface area contributed by atoms with Crippen molar-refractivity contribution in [2.75, 3.05) is 24.4 Å². The van der Waals surface area contributed by atoms with Gasteiger partial charge in [-0.2, -0.15) is 0 Å². The number of rotatable bonds is 7. The van der Waals surface area contributed by atoms with Gasteiger partial charge in [-0.1, -0.05) is 6.07 Å². The van der Waals surface area contributed by atoms with Crippen LogP contribution >= 0.6 is 0 Å². The Morgan fingerprint density at radius 2 is 1.58 bits per heavy atom. The Kier molecular flexibility index (Phi) is 6.73. The molecular formula is C19H20N2O5. The first kappa shape index (κ1) is 19.0. The molecule has 0 fully saturated rings. The van der Waals surface area contributed by atoms with E-state index in [1.54, 1.807) is 55.5 Å². The van der Waals surface area contributed by atoms with E-state index in [0.29, 0.717) is 29.3 Å². The summed E-state index contributed by atoms with van der Waals surface area (Å²) >= 11 is 0. The van der Waals surface area contributed by atoms with Gasteiger partial charge in [-0.25, -0.2) is 4.79 Å². The van der Waals surface area contributed by atoms with Gasteiger partial charge in [-0.3, -0.25) is 9.59 Å². The van der Waals surface area contributed by atoms with Gasteiger partial charge in [0.2, 0.25) is 11.8 Å². The zero-order valence-corrected chi connectivity index (χ0v) is 14.6. The van der Waals surface area contributed by atoms with E-state index in [2.05, 4.69) is 10.6 Å². The lowest BCUT2D eigenvalue weighted by Gasteiger charge is -2.08. The van der Waals surface area contributed by atoms with E-state index >= 15 is 0 Å². The summed E-state index contributed by atoms with van der Waals surface area (Å²) in [5, 5.41) is 5.23. The van der Waals surface area contributed by atoms with Gasteiger partial charge in [0.15, 0.2) is 0 Å². The smallest absolute Gasteiger partial charge is 0.338 e. The summed E-state index contributed by atoms with van der Waals surface area (Å²) in [6, 6.07) is 13.1. The number of methoxy groups -OCH3 is 1. The number of carbonyl (C=O) groups excluding carboxylic acids is 3. The van der Waals surface area contributed by atoms with Crippen LogP contribution in [0.5, 0.6) is 5.75 Å². The van der Waals surface area contributed by atoms with E-state index < -0.39 is 17.8 Å². The number of esters is 1. The van der Waals surface area contributed by atoms with Crippen molar-refractivity contribution in [3.8, 4) is 5.75 Å². The Balaban J connectivity index is 1.87. The molecule has 2 aromatic carbocycles. The largest absolute Gasteiger partial charge is 0.497 e. The van der Waals surface area contributed by atoms with Crippen molar-refractivity contribution in [2.24, 2.45) is 0 Å². The molecule has 0 aliphatic heterocycles. The normalized spacial score (nSPS) is 9.92. The summed E-state index contributed by atoms with van der Waals surface area (Å²) in [4.78, 5) is 35.5. The molecule has 2 rings (SSSR count). The van der Waals surface area contributed by atoms with Crippen molar-refractivity contribution < 1.29 is 23.9 Å². The van der Waals surface area contributed by atoms with E-state index in [1.807, 2.05) is 0 Å². The van der Waals surface area contributed by atoms with Crippen molar-refractivity contribution in [1.29, 1.82) is 0 Å². The maximum Gasteiger partial charge on any atom is 0.338 e. The zero-order valence-electron chi connectivity index (χ0n) is 14.6. The van der Waals surface area contributed by atoms with Gasteiger partial charge in [0.25, 0.3) is 0 Å². The summed E-state index contributed by atoms with van der Waals surface area (Å²) < 4.78 is 9.96. The maximum atomic E-state index is 12.0. The monoisotopic (exact) mass is 356 g/mol. The summed E-state index contributed by atoms with van der Waals surface area (Å²) in [6.07, 6.45) is -0.336. The maximum absolute atomic E-state index is 12.0. The van der Waals surface area contributed by atoms with E-state index in [1.165, 1.54) is 7.11 Å². The Morgan fingerprint density at radius 1 is 0.923 bits per heavy atom. The van der Waals surface area contributed by atoms with Gasteiger partial charge in [0, 0.05) is 17.4 Å². The Morgan fingerprint density at radius 3 is 2.19 bits per heavy atom. The molecule has 7 nitrogen and oxygen atoms in total. The van der Waals surface area contributed by atoms with E-state index in [4.69, 9.17) is 9.47 Å². The highest BCUT2D eigenvalue weighted by Gasteiger charge is 2.11. The minimum atomic E-state index is -0.464. The molecule has 0 aliphatic carbocycles. The highest BCUT2D eigenvalue weighted by molar-refractivity contribution is 6.08. The number of amides is 2. The lowest BCUT2D eigenvalue weighted by molar-refractivity contribution is -0.123. The van der Waals surface area contributed by atoms with Gasteiger partial charge >= 0.3 is 5.97 Å². The van der Waals surface area contributed by atoms with Crippen LogP contribution in [0.15, 0.2) is 48.5 Å². The number of hydrogen-bond donors (Lipinski definition) is 2. The minimum absolute atomic E-state index is 0.291. The molecule has 0 bridgehead atoms. The number of carbonyl (C=O) groups is 3. The average Bonchev–Trinajstić information content (AvgIpc) is 2.62. The van der Waals surface area contributed by atoms with Gasteiger partial charge in [0.05, 0.1) is 19.3 Å². The molecule has 0 saturated carbocycles. The molecule has 0 atom stereocenters. The van der Waals surface area contributed by atoms with Crippen LogP contribution in [0.1, 0.15) is 23.7 Å². The van der Waals surface area contributed by atoms with Crippen molar-refractivity contribution in [1.82, 2.24) is 0 Å². The first-order chi connectivity index (χ1) is 12.5. The zero-order chi connectivity index (χ0) is 18.9. The van der Waals surface area contributed by atoms with Crippen molar-refractivity contribution in [3.63, 3.8) is 0 Å². The van der Waals surface area contributed by atoms with Gasteiger partial charge < -0.3 is 20.1 Å². The van der Waals surface area contributed by atoms with Crippen molar-refractivity contribution >= 4 is 29.2 Å². The van der Waals surface area contributed by atoms with E-state index in [9.17, 15) is 14.4 Å². The molecule has 136 valence electrons. The van der Waals surface area contributed by atoms with Crippen LogP contribution in [0.2, 0.25) is 0 Å². The number of hydrogen-bond acceptors (Lipinski definition) is 5. The SMILES string of the molecule is CCOC(=O)c1ccc(NC(=O)CC(=O)Nc2cccc(OC)c2)cc1. The van der Waals surface area contributed by atoms with Gasteiger partial charge in [-0.15, -0.1) is 0 Å². The lowest BCUT2D eigenvalue weighted by Crippen LogP contribution is -2.21. The fourth-order valence-corrected chi connectivity index (χ4v) is 2.16. The summed E-state index contributed by atoms with van der Waals surface area (Å²) in [7, 11) is 1.53. The van der Waals surface area contributed by atoms with Gasteiger partial charge in [-0.05, 0) is 43.3 Å². The molecule has 2 amide bonds. The van der Waals surface area contributed by atoms with Crippen LogP contribution in [-0.2, 0) is 14.3 Å². The predicted octanol–water partition coefficient (Wildman–Crippen LogP) is 2.84. The fraction of sp³-hybridized carbons (Fsp3) is 0.211. The van der Waals surface area contributed by atoms with Crippen LogP contribution in [0, 0.1) is 0 Å². The van der Waals surface area contributed by atoms with E-state index in [-0.39, 0.29) is 6.42 Å². The summed E-state index contributed by atoms with van der Waals surface area (Å²) in [6.45, 7) is 2.02. The molecule has 26 heavy (non-hydrogen) atoms. The highest BCUT2D eigenvalue weighted by atomic mass is 16.5. The van der Waals surface area contributed by atoms with E-state index in [0.717, 1.165) is 0 Å². The Hall–Kier alpha value is -3.35. The molecule has 0 heterocycles. The second kappa shape index (κ2) is 9.22. The van der Waals surface area contributed by atoms with Crippen LogP contribution in [0.25, 0.3) is 0 Å². The average molecular weight is 356 g/mol. The quantitative estimate of drug-likeness (QED) is 0.588. The first-order valence-corrected chi connectivity index (χ1v) is 8.02. The van der Waals surface area contributed by atoms with Crippen LogP contribution in [0.3, 0.4) is 0 Å². The molecule has 0 unspecified atom stereocenters. The third-order valence-corrected chi connectivity index (χ3v) is 3.35. The molecular weight excluding hydrogens is 336 g/mol. The number of ether oxygens (including phenoxy) is 2. The molecule has 0 saturated heterocycles. The Labute approximate surface area is 151 Å².